The Morgan fingerprint density at radius 1 is 1.35 bits per heavy atom. The van der Waals surface area contributed by atoms with Crippen LogP contribution in [0.3, 0.4) is 0 Å². The Morgan fingerprint density at radius 3 is 2.75 bits per heavy atom. The third-order valence-electron chi connectivity index (χ3n) is 2.46. The van der Waals surface area contributed by atoms with Gasteiger partial charge < -0.3 is 0 Å². The van der Waals surface area contributed by atoms with Crippen LogP contribution in [0.1, 0.15) is 11.3 Å². The Bertz CT molecular complexity index is 777. The minimum atomic E-state index is -3.99. The predicted octanol–water partition coefficient (Wildman–Crippen LogP) is 2.20. The SMILES string of the molecule is Cc1cc(F)cc(NS(=O)(=O)c2cccnc2C#N)c1. The second-order valence-electron chi connectivity index (χ2n) is 4.08. The number of aromatic nitrogens is 1. The van der Waals surface area contributed by atoms with Gasteiger partial charge in [-0.25, -0.2) is 17.8 Å². The number of nitrogens with one attached hydrogen (secondary N) is 1. The summed E-state index contributed by atoms with van der Waals surface area (Å²) in [5, 5.41) is 8.87. The molecule has 0 amide bonds. The third-order valence-corrected chi connectivity index (χ3v) is 3.87. The molecular formula is C13H10FN3O2S. The lowest BCUT2D eigenvalue weighted by Gasteiger charge is -2.09. The first-order valence-electron chi connectivity index (χ1n) is 5.57. The largest absolute Gasteiger partial charge is 0.279 e. The Labute approximate surface area is 115 Å². The molecule has 2 aromatic rings. The summed E-state index contributed by atoms with van der Waals surface area (Å²) in [6.45, 7) is 1.64. The maximum absolute atomic E-state index is 13.3. The van der Waals surface area contributed by atoms with Crippen LogP contribution in [0.25, 0.3) is 0 Å². The van der Waals surface area contributed by atoms with Crippen LogP contribution in [0.5, 0.6) is 0 Å². The van der Waals surface area contributed by atoms with Crippen LogP contribution in [-0.4, -0.2) is 13.4 Å². The molecule has 102 valence electrons. The zero-order chi connectivity index (χ0) is 14.8. The molecular weight excluding hydrogens is 281 g/mol. The van der Waals surface area contributed by atoms with Crippen molar-refractivity contribution in [2.45, 2.75) is 11.8 Å². The number of aryl methyl sites for hydroxylation is 1. The van der Waals surface area contributed by atoms with E-state index < -0.39 is 15.8 Å². The molecule has 7 heteroatoms. The Kier molecular flexibility index (Phi) is 3.68. The van der Waals surface area contributed by atoms with Crippen LogP contribution in [0, 0.1) is 24.1 Å². The van der Waals surface area contributed by atoms with Gasteiger partial charge in [0.1, 0.15) is 16.8 Å². The Morgan fingerprint density at radius 2 is 2.10 bits per heavy atom. The Balaban J connectivity index is 2.44. The number of rotatable bonds is 3. The number of hydrogen-bond donors (Lipinski definition) is 1. The molecule has 0 radical (unpaired) electrons. The van der Waals surface area contributed by atoms with Crippen LogP contribution < -0.4 is 4.72 Å². The number of nitrogens with zero attached hydrogens (tertiary/aromatic N) is 2. The summed E-state index contributed by atoms with van der Waals surface area (Å²) in [4.78, 5) is 3.44. The molecule has 5 nitrogen and oxygen atoms in total. The van der Waals surface area contributed by atoms with E-state index >= 15 is 0 Å². The molecule has 0 bridgehead atoms. The van der Waals surface area contributed by atoms with Crippen LogP contribution in [0.15, 0.2) is 41.4 Å². The highest BCUT2D eigenvalue weighted by Crippen LogP contribution is 2.19. The number of anilines is 1. The van der Waals surface area contributed by atoms with Gasteiger partial charge in [-0.3, -0.25) is 4.72 Å². The minimum absolute atomic E-state index is 0.0928. The van der Waals surface area contributed by atoms with Crippen molar-refractivity contribution >= 4 is 15.7 Å². The van der Waals surface area contributed by atoms with Crippen molar-refractivity contribution in [2.24, 2.45) is 0 Å². The molecule has 1 heterocycles. The molecule has 0 aliphatic rings. The first-order chi connectivity index (χ1) is 9.42. The van der Waals surface area contributed by atoms with E-state index in [9.17, 15) is 12.8 Å². The lowest BCUT2D eigenvalue weighted by Crippen LogP contribution is -2.15. The van der Waals surface area contributed by atoms with Crippen molar-refractivity contribution in [1.82, 2.24) is 4.98 Å². The summed E-state index contributed by atoms with van der Waals surface area (Å²) in [5.74, 6) is -0.547. The number of benzene rings is 1. The zero-order valence-electron chi connectivity index (χ0n) is 10.5. The monoisotopic (exact) mass is 291 g/mol. The maximum Gasteiger partial charge on any atom is 0.264 e. The molecule has 20 heavy (non-hydrogen) atoms. The molecule has 1 aromatic heterocycles. The van der Waals surface area contributed by atoms with Crippen molar-refractivity contribution in [3.63, 3.8) is 0 Å². The van der Waals surface area contributed by atoms with E-state index in [1.165, 1.54) is 30.5 Å². The summed E-state index contributed by atoms with van der Waals surface area (Å²) < 4.78 is 39.8. The number of nitriles is 1. The molecule has 2 rings (SSSR count). The number of hydrogen-bond acceptors (Lipinski definition) is 4. The summed E-state index contributed by atoms with van der Waals surface area (Å²) >= 11 is 0. The van der Waals surface area contributed by atoms with E-state index in [0.717, 1.165) is 6.07 Å². The number of halogens is 1. The topological polar surface area (TPSA) is 82.8 Å². The van der Waals surface area contributed by atoms with Gasteiger partial charge >= 0.3 is 0 Å². The predicted molar refractivity (Wildman–Crippen MR) is 70.9 cm³/mol. The summed E-state index contributed by atoms with van der Waals surface area (Å²) in [6.07, 6.45) is 1.32. The molecule has 0 unspecified atom stereocenters. The summed E-state index contributed by atoms with van der Waals surface area (Å²) in [5.41, 5.74) is 0.456. The van der Waals surface area contributed by atoms with Gasteiger partial charge in [0, 0.05) is 6.20 Å². The van der Waals surface area contributed by atoms with Gasteiger partial charge in [0.05, 0.1) is 5.69 Å². The molecule has 0 aliphatic heterocycles. The third kappa shape index (κ3) is 2.92. The fourth-order valence-electron chi connectivity index (χ4n) is 1.70. The van der Waals surface area contributed by atoms with Crippen LogP contribution in [-0.2, 0) is 10.0 Å². The second kappa shape index (κ2) is 5.27. The van der Waals surface area contributed by atoms with E-state index in [2.05, 4.69) is 9.71 Å². The van der Waals surface area contributed by atoms with E-state index in [1.54, 1.807) is 13.0 Å². The van der Waals surface area contributed by atoms with Gasteiger partial charge in [0.25, 0.3) is 10.0 Å². The van der Waals surface area contributed by atoms with Gasteiger partial charge in [-0.15, -0.1) is 0 Å². The lowest BCUT2D eigenvalue weighted by atomic mass is 10.2. The van der Waals surface area contributed by atoms with Gasteiger partial charge in [0.2, 0.25) is 0 Å². The average molecular weight is 291 g/mol. The van der Waals surface area contributed by atoms with E-state index in [-0.39, 0.29) is 16.3 Å². The molecule has 0 saturated carbocycles. The number of sulfonamides is 1. The normalized spacial score (nSPS) is 10.8. The first kappa shape index (κ1) is 14.0. The van der Waals surface area contributed by atoms with Gasteiger partial charge in [-0.05, 0) is 42.8 Å². The average Bonchev–Trinajstić information content (AvgIpc) is 2.36. The molecule has 0 spiro atoms. The van der Waals surface area contributed by atoms with Crippen LogP contribution in [0.4, 0.5) is 10.1 Å². The van der Waals surface area contributed by atoms with E-state index in [4.69, 9.17) is 5.26 Å². The van der Waals surface area contributed by atoms with Gasteiger partial charge in [-0.2, -0.15) is 5.26 Å². The smallest absolute Gasteiger partial charge is 0.264 e. The molecule has 1 aromatic carbocycles. The van der Waals surface area contributed by atoms with Crippen LogP contribution in [0.2, 0.25) is 0 Å². The maximum atomic E-state index is 13.3. The highest BCUT2D eigenvalue weighted by atomic mass is 32.2. The molecule has 0 aliphatic carbocycles. The van der Waals surface area contributed by atoms with E-state index in [1.807, 2.05) is 0 Å². The second-order valence-corrected chi connectivity index (χ2v) is 5.74. The van der Waals surface area contributed by atoms with Gasteiger partial charge in [0.15, 0.2) is 5.69 Å². The Hall–Kier alpha value is -2.46. The molecule has 0 fully saturated rings. The standard InChI is InChI=1S/C13H10FN3O2S/c1-9-5-10(14)7-11(6-9)17-20(18,19)13-3-2-4-16-12(13)8-15/h2-7,17H,1H3. The molecule has 0 atom stereocenters. The van der Waals surface area contributed by atoms with Crippen molar-refractivity contribution in [3.8, 4) is 6.07 Å². The number of pyridine rings is 1. The first-order valence-corrected chi connectivity index (χ1v) is 7.06. The van der Waals surface area contributed by atoms with Crippen molar-refractivity contribution < 1.29 is 12.8 Å². The van der Waals surface area contributed by atoms with E-state index in [0.29, 0.717) is 5.56 Å². The fourth-order valence-corrected chi connectivity index (χ4v) is 2.85. The van der Waals surface area contributed by atoms with Gasteiger partial charge in [-0.1, -0.05) is 0 Å². The molecule has 1 N–H and O–H groups in total. The minimum Gasteiger partial charge on any atom is -0.279 e. The summed E-state index contributed by atoms with van der Waals surface area (Å²) in [6, 6.07) is 8.21. The fraction of sp³-hybridized carbons (Fsp3) is 0.0769. The van der Waals surface area contributed by atoms with Crippen LogP contribution >= 0.6 is 0 Å². The highest BCUT2D eigenvalue weighted by Gasteiger charge is 2.19. The van der Waals surface area contributed by atoms with Crippen molar-refractivity contribution in [3.05, 3.63) is 53.6 Å². The highest BCUT2D eigenvalue weighted by molar-refractivity contribution is 7.92. The van der Waals surface area contributed by atoms with Crippen molar-refractivity contribution in [2.75, 3.05) is 4.72 Å². The van der Waals surface area contributed by atoms with Crippen molar-refractivity contribution in [1.29, 1.82) is 5.26 Å². The lowest BCUT2D eigenvalue weighted by molar-refractivity contribution is 0.600. The quantitative estimate of drug-likeness (QED) is 0.939. The zero-order valence-corrected chi connectivity index (χ0v) is 11.3. The molecule has 0 saturated heterocycles. The summed E-state index contributed by atoms with van der Waals surface area (Å²) in [7, 11) is -3.99.